The number of amides is 1. The number of hydrogen-bond acceptors (Lipinski definition) is 4. The van der Waals surface area contributed by atoms with Crippen LogP contribution in [0.1, 0.15) is 37.0 Å². The fraction of sp³-hybridized carbons (Fsp3) is 0.429. The summed E-state index contributed by atoms with van der Waals surface area (Å²) in [6, 6.07) is 18.0. The number of carbonyl (C=O) groups is 2. The number of nitrogens with one attached hydrogen (secondary N) is 1. The second-order valence-electron chi connectivity index (χ2n) is 9.76. The van der Waals surface area contributed by atoms with Gasteiger partial charge in [-0.05, 0) is 51.4 Å². The number of morpholine rings is 1. The molecular formula is C28H33N3O3. The zero-order valence-corrected chi connectivity index (χ0v) is 20.0. The molecule has 3 aromatic rings. The standard InChI is InChI=1S/C28H33N3O3/c1-19-16-31(17-20(2)34-19)28(33)22-12-14-30(15-13-22)18-25(32)26-23-10-6-7-11-24(23)29-27(26)21-8-4-3-5-9-21/h3-11,19-20,22,29H,12-18H2,1-2H3. The number of piperidine rings is 1. The van der Waals surface area contributed by atoms with Crippen molar-refractivity contribution in [1.82, 2.24) is 14.8 Å². The molecule has 0 bridgehead atoms. The van der Waals surface area contributed by atoms with Crippen LogP contribution in [0.2, 0.25) is 0 Å². The van der Waals surface area contributed by atoms with Crippen LogP contribution in [0.25, 0.3) is 22.2 Å². The number of H-pyrrole nitrogens is 1. The minimum Gasteiger partial charge on any atom is -0.372 e. The molecule has 1 N–H and O–H groups in total. The van der Waals surface area contributed by atoms with Crippen molar-refractivity contribution >= 4 is 22.6 Å². The molecule has 6 heteroatoms. The normalized spacial score (nSPS) is 22.2. The van der Waals surface area contributed by atoms with Crippen LogP contribution < -0.4 is 0 Å². The number of aromatic amines is 1. The Hall–Kier alpha value is -2.96. The Balaban J connectivity index is 1.27. The van der Waals surface area contributed by atoms with E-state index in [0.717, 1.165) is 53.7 Å². The number of para-hydroxylation sites is 1. The van der Waals surface area contributed by atoms with Crippen molar-refractivity contribution in [2.45, 2.75) is 38.9 Å². The molecule has 0 aliphatic carbocycles. The fourth-order valence-electron chi connectivity index (χ4n) is 5.49. The first kappa shape index (κ1) is 22.8. The molecule has 2 aromatic carbocycles. The summed E-state index contributed by atoms with van der Waals surface area (Å²) >= 11 is 0. The van der Waals surface area contributed by atoms with Crippen molar-refractivity contribution in [2.75, 3.05) is 32.7 Å². The lowest BCUT2D eigenvalue weighted by molar-refractivity contribution is -0.148. The van der Waals surface area contributed by atoms with E-state index in [9.17, 15) is 9.59 Å². The Morgan fingerprint density at radius 2 is 1.59 bits per heavy atom. The van der Waals surface area contributed by atoms with Gasteiger partial charge in [-0.25, -0.2) is 0 Å². The summed E-state index contributed by atoms with van der Waals surface area (Å²) in [7, 11) is 0. The molecule has 0 radical (unpaired) electrons. The van der Waals surface area contributed by atoms with E-state index in [2.05, 4.69) is 9.88 Å². The van der Waals surface area contributed by atoms with Gasteiger partial charge in [-0.3, -0.25) is 14.5 Å². The molecule has 0 spiro atoms. The van der Waals surface area contributed by atoms with Crippen molar-refractivity contribution in [1.29, 1.82) is 0 Å². The summed E-state index contributed by atoms with van der Waals surface area (Å²) in [4.78, 5) is 34.3. The number of carbonyl (C=O) groups excluding carboxylic acids is 2. The van der Waals surface area contributed by atoms with E-state index in [1.807, 2.05) is 73.3 Å². The van der Waals surface area contributed by atoms with Crippen LogP contribution in [-0.2, 0) is 9.53 Å². The van der Waals surface area contributed by atoms with Gasteiger partial charge < -0.3 is 14.6 Å². The SMILES string of the molecule is CC1CN(C(=O)C2CCN(CC(=O)c3c(-c4ccccc4)[nH]c4ccccc34)CC2)CC(C)O1. The lowest BCUT2D eigenvalue weighted by atomic mass is 9.94. The minimum absolute atomic E-state index is 0.0387. The zero-order valence-electron chi connectivity index (χ0n) is 20.0. The van der Waals surface area contributed by atoms with Crippen molar-refractivity contribution in [3.8, 4) is 11.3 Å². The van der Waals surface area contributed by atoms with Crippen LogP contribution >= 0.6 is 0 Å². The Morgan fingerprint density at radius 1 is 0.941 bits per heavy atom. The third-order valence-electron chi connectivity index (χ3n) is 7.08. The molecule has 6 nitrogen and oxygen atoms in total. The second kappa shape index (κ2) is 9.72. The van der Waals surface area contributed by atoms with Crippen LogP contribution in [0, 0.1) is 5.92 Å². The van der Waals surface area contributed by atoms with E-state index in [1.54, 1.807) is 0 Å². The van der Waals surface area contributed by atoms with Crippen LogP contribution in [0.5, 0.6) is 0 Å². The number of likely N-dealkylation sites (tertiary alicyclic amines) is 1. The maximum atomic E-state index is 13.6. The summed E-state index contributed by atoms with van der Waals surface area (Å²) in [5, 5.41) is 0.965. The van der Waals surface area contributed by atoms with E-state index >= 15 is 0 Å². The number of Topliss-reactive ketones (excluding diaryl/α,β-unsaturated/α-hetero) is 1. The Bertz CT molecular complexity index is 1150. The highest BCUT2D eigenvalue weighted by Crippen LogP contribution is 2.31. The van der Waals surface area contributed by atoms with Crippen LogP contribution in [-0.4, -0.2) is 71.4 Å². The molecule has 3 heterocycles. The van der Waals surface area contributed by atoms with Gasteiger partial charge in [0.15, 0.2) is 5.78 Å². The lowest BCUT2D eigenvalue weighted by Gasteiger charge is -2.39. The Morgan fingerprint density at radius 3 is 2.29 bits per heavy atom. The largest absolute Gasteiger partial charge is 0.372 e. The quantitative estimate of drug-likeness (QED) is 0.576. The Labute approximate surface area is 200 Å². The van der Waals surface area contributed by atoms with E-state index in [1.165, 1.54) is 0 Å². The third-order valence-corrected chi connectivity index (χ3v) is 7.08. The Kier molecular flexibility index (Phi) is 6.53. The number of rotatable bonds is 5. The number of nitrogens with zero attached hydrogens (tertiary/aromatic N) is 2. The topological polar surface area (TPSA) is 65.6 Å². The molecular weight excluding hydrogens is 426 g/mol. The number of ketones is 1. The molecule has 1 amide bonds. The maximum Gasteiger partial charge on any atom is 0.225 e. The number of ether oxygens (including phenoxy) is 1. The maximum absolute atomic E-state index is 13.6. The van der Waals surface area contributed by atoms with E-state index in [0.29, 0.717) is 19.6 Å². The summed E-state index contributed by atoms with van der Waals surface area (Å²) in [5.74, 6) is 0.407. The highest BCUT2D eigenvalue weighted by molar-refractivity contribution is 6.14. The number of hydrogen-bond donors (Lipinski definition) is 1. The van der Waals surface area contributed by atoms with Gasteiger partial charge in [-0.15, -0.1) is 0 Å². The zero-order chi connectivity index (χ0) is 23.7. The third kappa shape index (κ3) is 4.65. The van der Waals surface area contributed by atoms with Crippen molar-refractivity contribution in [2.24, 2.45) is 5.92 Å². The van der Waals surface area contributed by atoms with Crippen LogP contribution in [0.4, 0.5) is 0 Å². The molecule has 2 atom stereocenters. The molecule has 34 heavy (non-hydrogen) atoms. The minimum atomic E-state index is 0.0387. The molecule has 178 valence electrons. The van der Waals surface area contributed by atoms with Crippen molar-refractivity contribution in [3.63, 3.8) is 0 Å². The molecule has 5 rings (SSSR count). The molecule has 0 saturated carbocycles. The van der Waals surface area contributed by atoms with E-state index in [4.69, 9.17) is 4.74 Å². The first-order valence-electron chi connectivity index (χ1n) is 12.4. The first-order valence-corrected chi connectivity index (χ1v) is 12.4. The first-order chi connectivity index (χ1) is 16.5. The van der Waals surface area contributed by atoms with Gasteiger partial charge >= 0.3 is 0 Å². The van der Waals surface area contributed by atoms with Crippen LogP contribution in [0.15, 0.2) is 54.6 Å². The average molecular weight is 460 g/mol. The van der Waals surface area contributed by atoms with Gasteiger partial charge in [0, 0.05) is 29.9 Å². The number of aromatic nitrogens is 1. The molecule has 2 saturated heterocycles. The van der Waals surface area contributed by atoms with Gasteiger partial charge in [0.2, 0.25) is 5.91 Å². The van der Waals surface area contributed by atoms with Crippen molar-refractivity contribution in [3.05, 3.63) is 60.2 Å². The van der Waals surface area contributed by atoms with Crippen LogP contribution in [0.3, 0.4) is 0 Å². The molecule has 2 fully saturated rings. The summed E-state index contributed by atoms with van der Waals surface area (Å²) < 4.78 is 5.78. The van der Waals surface area contributed by atoms with Gasteiger partial charge in [-0.1, -0.05) is 48.5 Å². The lowest BCUT2D eigenvalue weighted by Crippen LogP contribution is -2.51. The second-order valence-corrected chi connectivity index (χ2v) is 9.76. The van der Waals surface area contributed by atoms with Gasteiger partial charge in [0.1, 0.15) is 0 Å². The number of benzene rings is 2. The predicted octanol–water partition coefficient (Wildman–Crippen LogP) is 4.37. The fourth-order valence-corrected chi connectivity index (χ4v) is 5.49. The molecule has 2 unspecified atom stereocenters. The summed E-state index contributed by atoms with van der Waals surface area (Å²) in [6.07, 6.45) is 1.76. The highest BCUT2D eigenvalue weighted by atomic mass is 16.5. The van der Waals surface area contributed by atoms with E-state index in [-0.39, 0.29) is 29.8 Å². The van der Waals surface area contributed by atoms with E-state index < -0.39 is 0 Å². The predicted molar refractivity (Wildman–Crippen MR) is 134 cm³/mol. The van der Waals surface area contributed by atoms with Gasteiger partial charge in [0.05, 0.1) is 30.0 Å². The molecule has 2 aliphatic rings. The average Bonchev–Trinajstić information content (AvgIpc) is 3.24. The molecule has 1 aromatic heterocycles. The van der Waals surface area contributed by atoms with Gasteiger partial charge in [-0.2, -0.15) is 0 Å². The van der Waals surface area contributed by atoms with Gasteiger partial charge in [0.25, 0.3) is 0 Å². The highest BCUT2D eigenvalue weighted by Gasteiger charge is 2.33. The smallest absolute Gasteiger partial charge is 0.225 e. The monoisotopic (exact) mass is 459 g/mol. The van der Waals surface area contributed by atoms with Crippen molar-refractivity contribution < 1.29 is 14.3 Å². The summed E-state index contributed by atoms with van der Waals surface area (Å²) in [6.45, 7) is 7.29. The summed E-state index contributed by atoms with van der Waals surface area (Å²) in [5.41, 5.74) is 3.63. The molecule has 2 aliphatic heterocycles. The number of fused-ring (bicyclic) bond motifs is 1.